The lowest BCUT2D eigenvalue weighted by molar-refractivity contribution is 0.111. The second-order valence-electron chi connectivity index (χ2n) is 11.2. The molecule has 192 valence electrons. The van der Waals surface area contributed by atoms with E-state index in [1.165, 1.54) is 24.8 Å². The zero-order chi connectivity index (χ0) is 24.6. The highest BCUT2D eigenvalue weighted by Gasteiger charge is 2.26. The number of benzene rings is 1. The average Bonchev–Trinajstić information content (AvgIpc) is 2.86. The van der Waals surface area contributed by atoms with Gasteiger partial charge in [0.25, 0.3) is 5.56 Å². The first kappa shape index (κ1) is 23.8. The van der Waals surface area contributed by atoms with Gasteiger partial charge in [0.2, 0.25) is 5.95 Å². The quantitative estimate of drug-likeness (QED) is 0.512. The number of hydrogen-bond donors (Lipinski definition) is 2. The molecule has 0 unspecified atom stereocenters. The summed E-state index contributed by atoms with van der Waals surface area (Å²) in [5.74, 6) is 1.30. The lowest BCUT2D eigenvalue weighted by Gasteiger charge is -2.32. The zero-order valence-electron chi connectivity index (χ0n) is 21.3. The Kier molecular flexibility index (Phi) is 6.67. The maximum Gasteiger partial charge on any atom is 0.260 e. The van der Waals surface area contributed by atoms with Crippen LogP contribution in [0.2, 0.25) is 0 Å². The molecule has 1 aliphatic heterocycles. The molecule has 0 bridgehead atoms. The fourth-order valence-corrected chi connectivity index (χ4v) is 6.01. The van der Waals surface area contributed by atoms with Crippen molar-refractivity contribution in [2.75, 3.05) is 45.1 Å². The third-order valence-electron chi connectivity index (χ3n) is 8.63. The predicted octanol–water partition coefficient (Wildman–Crippen LogP) is 3.38. The number of likely N-dealkylation sites (N-methyl/N-ethyl adjacent to an activating group) is 1. The van der Waals surface area contributed by atoms with Gasteiger partial charge in [0.15, 0.2) is 0 Å². The van der Waals surface area contributed by atoms with Crippen LogP contribution in [0.5, 0.6) is 0 Å². The number of fused-ring (bicyclic) bond motifs is 3. The van der Waals surface area contributed by atoms with Crippen LogP contribution in [0.1, 0.15) is 56.6 Å². The number of aliphatic hydroxyl groups is 1. The molecule has 8 nitrogen and oxygen atoms in total. The molecule has 3 heterocycles. The van der Waals surface area contributed by atoms with Crippen LogP contribution in [0.4, 0.5) is 5.95 Å². The van der Waals surface area contributed by atoms with E-state index in [4.69, 9.17) is 4.98 Å². The molecule has 0 atom stereocenters. The number of rotatable bonds is 6. The van der Waals surface area contributed by atoms with Crippen molar-refractivity contribution in [2.45, 2.75) is 63.6 Å². The molecular weight excluding hydrogens is 452 g/mol. The second-order valence-corrected chi connectivity index (χ2v) is 11.2. The normalized spacial score (nSPS) is 24.3. The Morgan fingerprint density at radius 2 is 1.78 bits per heavy atom. The smallest absolute Gasteiger partial charge is 0.260 e. The summed E-state index contributed by atoms with van der Waals surface area (Å²) in [7, 11) is 2.17. The molecule has 0 radical (unpaired) electrons. The van der Waals surface area contributed by atoms with Crippen molar-refractivity contribution in [2.24, 2.45) is 5.92 Å². The molecule has 0 amide bonds. The Balaban J connectivity index is 1.40. The van der Waals surface area contributed by atoms with E-state index < -0.39 is 0 Å². The molecule has 2 N–H and O–H groups in total. The molecule has 3 aliphatic rings. The maximum atomic E-state index is 14.0. The second kappa shape index (κ2) is 10.1. The summed E-state index contributed by atoms with van der Waals surface area (Å²) in [4.78, 5) is 28.4. The number of pyridine rings is 1. The summed E-state index contributed by atoms with van der Waals surface area (Å²) in [5.41, 5.74) is 1.92. The van der Waals surface area contributed by atoms with Crippen molar-refractivity contribution in [3.05, 3.63) is 40.3 Å². The van der Waals surface area contributed by atoms with Gasteiger partial charge in [-0.05, 0) is 68.5 Å². The summed E-state index contributed by atoms with van der Waals surface area (Å²) < 4.78 is 1.92. The van der Waals surface area contributed by atoms with Gasteiger partial charge in [-0.2, -0.15) is 4.98 Å². The summed E-state index contributed by atoms with van der Waals surface area (Å²) in [6.07, 6.45) is 8.47. The van der Waals surface area contributed by atoms with E-state index in [1.54, 1.807) is 0 Å². The van der Waals surface area contributed by atoms with Gasteiger partial charge in [-0.25, -0.2) is 4.98 Å². The number of anilines is 1. The van der Waals surface area contributed by atoms with E-state index in [9.17, 15) is 9.90 Å². The monoisotopic (exact) mass is 490 g/mol. The molecule has 2 aliphatic carbocycles. The number of aromatic nitrogens is 3. The van der Waals surface area contributed by atoms with Gasteiger partial charge in [0.05, 0.1) is 6.10 Å². The SMILES string of the molecule is CN1CCN(Cc2ccc3c(c2)c(=O)n(C2CCC(O)CC2)c2nc(NCC4CCC4)ncc32)CC1. The lowest BCUT2D eigenvalue weighted by atomic mass is 9.85. The molecule has 2 aromatic heterocycles. The largest absolute Gasteiger partial charge is 0.393 e. The Hall–Kier alpha value is -2.55. The van der Waals surface area contributed by atoms with Gasteiger partial charge < -0.3 is 15.3 Å². The third kappa shape index (κ3) is 4.74. The van der Waals surface area contributed by atoms with Crippen LogP contribution in [0, 0.1) is 5.92 Å². The molecular formula is C28H38N6O2. The average molecular weight is 491 g/mol. The summed E-state index contributed by atoms with van der Waals surface area (Å²) in [6.45, 7) is 5.99. The van der Waals surface area contributed by atoms with Gasteiger partial charge in [-0.15, -0.1) is 0 Å². The summed E-state index contributed by atoms with van der Waals surface area (Å²) >= 11 is 0. The van der Waals surface area contributed by atoms with Gasteiger partial charge in [0.1, 0.15) is 5.65 Å². The zero-order valence-corrected chi connectivity index (χ0v) is 21.3. The van der Waals surface area contributed by atoms with Crippen LogP contribution >= 0.6 is 0 Å². The highest BCUT2D eigenvalue weighted by atomic mass is 16.3. The van der Waals surface area contributed by atoms with E-state index >= 15 is 0 Å². The van der Waals surface area contributed by atoms with Gasteiger partial charge in [-0.3, -0.25) is 14.3 Å². The number of piperazine rings is 1. The van der Waals surface area contributed by atoms with Crippen LogP contribution in [-0.2, 0) is 6.54 Å². The van der Waals surface area contributed by atoms with Crippen molar-refractivity contribution in [3.63, 3.8) is 0 Å². The molecule has 3 fully saturated rings. The van der Waals surface area contributed by atoms with Crippen molar-refractivity contribution in [1.29, 1.82) is 0 Å². The van der Waals surface area contributed by atoms with Crippen molar-refractivity contribution >= 4 is 27.8 Å². The van der Waals surface area contributed by atoms with E-state index in [1.807, 2.05) is 10.8 Å². The Labute approximate surface area is 212 Å². The fraction of sp³-hybridized carbons (Fsp3) is 0.607. The first-order valence-electron chi connectivity index (χ1n) is 13.7. The highest BCUT2D eigenvalue weighted by Crippen LogP contribution is 2.32. The third-order valence-corrected chi connectivity index (χ3v) is 8.63. The molecule has 1 aromatic carbocycles. The fourth-order valence-electron chi connectivity index (χ4n) is 6.01. The van der Waals surface area contributed by atoms with Gasteiger partial charge in [-0.1, -0.05) is 18.6 Å². The Morgan fingerprint density at radius 3 is 2.50 bits per heavy atom. The molecule has 3 aromatic rings. The number of hydrogen-bond acceptors (Lipinski definition) is 7. The van der Waals surface area contributed by atoms with E-state index in [-0.39, 0.29) is 17.7 Å². The number of aliphatic hydroxyl groups excluding tert-OH is 1. The van der Waals surface area contributed by atoms with Crippen LogP contribution < -0.4 is 10.9 Å². The van der Waals surface area contributed by atoms with Gasteiger partial charge in [0, 0.05) is 62.3 Å². The minimum absolute atomic E-state index is 0.0303. The summed E-state index contributed by atoms with van der Waals surface area (Å²) in [6, 6.07) is 6.38. The molecule has 1 saturated heterocycles. The van der Waals surface area contributed by atoms with Crippen LogP contribution in [0.3, 0.4) is 0 Å². The molecule has 8 heteroatoms. The van der Waals surface area contributed by atoms with Crippen molar-refractivity contribution < 1.29 is 5.11 Å². The Bertz CT molecular complexity index is 1290. The first-order chi connectivity index (χ1) is 17.5. The van der Waals surface area contributed by atoms with Gasteiger partial charge >= 0.3 is 0 Å². The number of nitrogens with zero attached hydrogens (tertiary/aromatic N) is 5. The van der Waals surface area contributed by atoms with E-state index in [0.29, 0.717) is 17.5 Å². The van der Waals surface area contributed by atoms with E-state index in [2.05, 4.69) is 45.3 Å². The predicted molar refractivity (Wildman–Crippen MR) is 143 cm³/mol. The first-order valence-corrected chi connectivity index (χ1v) is 13.7. The summed E-state index contributed by atoms with van der Waals surface area (Å²) in [5, 5.41) is 16.1. The molecule has 36 heavy (non-hydrogen) atoms. The van der Waals surface area contributed by atoms with Crippen molar-refractivity contribution in [3.8, 4) is 0 Å². The van der Waals surface area contributed by atoms with Crippen LogP contribution in [0.25, 0.3) is 21.8 Å². The standard InChI is InChI=1S/C28H38N6O2/c1-32-11-13-33(14-12-32)18-20-5-10-23-24(15-20)27(36)34(21-6-8-22(35)9-7-21)26-25(23)17-30-28(31-26)29-16-19-3-2-4-19/h5,10,15,17,19,21-22,35H,2-4,6-9,11-14,16,18H2,1H3,(H,29,30,31). The van der Waals surface area contributed by atoms with Crippen LogP contribution in [-0.4, -0.2) is 75.3 Å². The molecule has 2 saturated carbocycles. The highest BCUT2D eigenvalue weighted by molar-refractivity contribution is 6.04. The maximum absolute atomic E-state index is 14.0. The topological polar surface area (TPSA) is 86.5 Å². The molecule has 0 spiro atoms. The van der Waals surface area contributed by atoms with E-state index in [0.717, 1.165) is 81.1 Å². The number of nitrogens with one attached hydrogen (secondary N) is 1. The minimum Gasteiger partial charge on any atom is -0.393 e. The lowest BCUT2D eigenvalue weighted by Crippen LogP contribution is -2.43. The van der Waals surface area contributed by atoms with Crippen LogP contribution in [0.15, 0.2) is 29.2 Å². The minimum atomic E-state index is -0.270. The van der Waals surface area contributed by atoms with Crippen molar-refractivity contribution in [1.82, 2.24) is 24.3 Å². The molecule has 6 rings (SSSR count). The Morgan fingerprint density at radius 1 is 1.00 bits per heavy atom.